The molecule has 0 aliphatic carbocycles. The van der Waals surface area contributed by atoms with Gasteiger partial charge in [0, 0.05) is 6.07 Å². The molecule has 0 unspecified atom stereocenters. The zero-order chi connectivity index (χ0) is 10.6. The molecule has 0 aliphatic rings. The average Bonchev–Trinajstić information content (AvgIpc) is 2.52. The third-order valence-electron chi connectivity index (χ3n) is 1.23. The van der Waals surface area contributed by atoms with Gasteiger partial charge in [0.25, 0.3) is 0 Å². The van der Waals surface area contributed by atoms with Crippen molar-refractivity contribution in [1.29, 1.82) is 0 Å². The van der Waals surface area contributed by atoms with Crippen LogP contribution in [0, 0.1) is 0 Å². The summed E-state index contributed by atoms with van der Waals surface area (Å²) in [4.78, 5) is 15.2. The molecule has 6 heteroatoms. The standard InChI is InChI=1S/C8H10N2O4/c1-5(2)9-13-4-6-3-7(8(11)12)10-14-6/h3H,4H2,1-2H3,(H,11,12). The van der Waals surface area contributed by atoms with E-state index in [2.05, 4.69) is 14.8 Å². The van der Waals surface area contributed by atoms with Crippen molar-refractivity contribution in [3.05, 3.63) is 17.5 Å². The van der Waals surface area contributed by atoms with E-state index in [-0.39, 0.29) is 12.3 Å². The molecule has 0 fully saturated rings. The maximum atomic E-state index is 10.4. The van der Waals surface area contributed by atoms with Gasteiger partial charge in [-0.15, -0.1) is 0 Å². The van der Waals surface area contributed by atoms with Crippen LogP contribution < -0.4 is 0 Å². The summed E-state index contributed by atoms with van der Waals surface area (Å²) in [6.45, 7) is 3.64. The van der Waals surface area contributed by atoms with E-state index < -0.39 is 5.97 Å². The second-order valence-corrected chi connectivity index (χ2v) is 2.80. The quantitative estimate of drug-likeness (QED) is 0.581. The van der Waals surface area contributed by atoms with E-state index in [1.54, 1.807) is 13.8 Å². The smallest absolute Gasteiger partial charge is 0.358 e. The van der Waals surface area contributed by atoms with E-state index >= 15 is 0 Å². The Balaban J connectivity index is 2.52. The van der Waals surface area contributed by atoms with E-state index in [4.69, 9.17) is 9.94 Å². The highest BCUT2D eigenvalue weighted by molar-refractivity contribution is 5.85. The fourth-order valence-electron chi connectivity index (χ4n) is 0.707. The number of carboxylic acids is 1. The van der Waals surface area contributed by atoms with Gasteiger partial charge in [0.2, 0.25) is 0 Å². The highest BCUT2D eigenvalue weighted by atomic mass is 16.6. The topological polar surface area (TPSA) is 84.9 Å². The summed E-state index contributed by atoms with van der Waals surface area (Å²) in [5, 5.41) is 15.5. The highest BCUT2D eigenvalue weighted by Crippen LogP contribution is 2.05. The monoisotopic (exact) mass is 198 g/mol. The van der Waals surface area contributed by atoms with Crippen molar-refractivity contribution >= 4 is 11.7 Å². The summed E-state index contributed by atoms with van der Waals surface area (Å²) >= 11 is 0. The summed E-state index contributed by atoms with van der Waals surface area (Å²) in [7, 11) is 0. The largest absolute Gasteiger partial charge is 0.476 e. The molecule has 1 rings (SSSR count). The SMILES string of the molecule is CC(C)=NOCc1cc(C(=O)O)no1. The van der Waals surface area contributed by atoms with Crippen LogP contribution in [0.15, 0.2) is 15.7 Å². The minimum Gasteiger partial charge on any atom is -0.476 e. The fraction of sp³-hybridized carbons (Fsp3) is 0.375. The van der Waals surface area contributed by atoms with Gasteiger partial charge in [0.15, 0.2) is 18.1 Å². The first-order valence-corrected chi connectivity index (χ1v) is 3.91. The van der Waals surface area contributed by atoms with E-state index in [9.17, 15) is 4.79 Å². The van der Waals surface area contributed by atoms with Crippen molar-refractivity contribution in [2.75, 3.05) is 0 Å². The number of hydrogen-bond donors (Lipinski definition) is 1. The fourth-order valence-corrected chi connectivity index (χ4v) is 0.707. The predicted molar refractivity (Wildman–Crippen MR) is 47.0 cm³/mol. The van der Waals surface area contributed by atoms with Crippen LogP contribution in [0.4, 0.5) is 0 Å². The second kappa shape index (κ2) is 4.40. The van der Waals surface area contributed by atoms with Gasteiger partial charge in [-0.05, 0) is 13.8 Å². The number of carboxylic acid groups (broad SMARTS) is 1. The average molecular weight is 198 g/mol. The Morgan fingerprint density at radius 2 is 2.43 bits per heavy atom. The number of nitrogens with zero attached hydrogens (tertiary/aromatic N) is 2. The normalized spacial score (nSPS) is 9.57. The minimum absolute atomic E-state index is 0.0749. The van der Waals surface area contributed by atoms with Crippen LogP contribution in [0.2, 0.25) is 0 Å². The number of rotatable bonds is 4. The first-order valence-electron chi connectivity index (χ1n) is 3.91. The molecule has 1 heterocycles. The summed E-state index contributed by atoms with van der Waals surface area (Å²) in [6.07, 6.45) is 0. The zero-order valence-electron chi connectivity index (χ0n) is 7.85. The molecule has 0 saturated carbocycles. The Labute approximate surface area is 80.1 Å². The molecular weight excluding hydrogens is 188 g/mol. The van der Waals surface area contributed by atoms with Gasteiger partial charge in [-0.25, -0.2) is 4.79 Å². The Bertz CT molecular complexity index is 352. The van der Waals surface area contributed by atoms with Crippen LogP contribution in [0.1, 0.15) is 30.1 Å². The van der Waals surface area contributed by atoms with Crippen LogP contribution in [0.3, 0.4) is 0 Å². The molecule has 0 atom stereocenters. The second-order valence-electron chi connectivity index (χ2n) is 2.80. The predicted octanol–water partition coefficient (Wildman–Crippen LogP) is 1.29. The van der Waals surface area contributed by atoms with Gasteiger partial charge < -0.3 is 14.5 Å². The van der Waals surface area contributed by atoms with Crippen molar-refractivity contribution in [2.45, 2.75) is 20.5 Å². The first kappa shape index (κ1) is 10.2. The molecule has 6 nitrogen and oxygen atoms in total. The van der Waals surface area contributed by atoms with Crippen molar-refractivity contribution in [3.8, 4) is 0 Å². The number of oxime groups is 1. The summed E-state index contributed by atoms with van der Waals surface area (Å²) < 4.78 is 4.68. The Kier molecular flexibility index (Phi) is 3.22. The minimum atomic E-state index is -1.13. The molecule has 0 aromatic carbocycles. The first-order chi connectivity index (χ1) is 6.59. The third-order valence-corrected chi connectivity index (χ3v) is 1.23. The Hall–Kier alpha value is -1.85. The summed E-state index contributed by atoms with van der Waals surface area (Å²) in [5.41, 5.74) is 0.628. The lowest BCUT2D eigenvalue weighted by Crippen LogP contribution is -1.94. The molecule has 1 aromatic heterocycles. The molecule has 0 saturated heterocycles. The molecule has 0 aliphatic heterocycles. The molecule has 76 valence electrons. The molecular formula is C8H10N2O4. The van der Waals surface area contributed by atoms with Crippen molar-refractivity contribution in [1.82, 2.24) is 5.16 Å². The summed E-state index contributed by atoms with van der Waals surface area (Å²) in [5.74, 6) is -0.803. The van der Waals surface area contributed by atoms with Crippen molar-refractivity contribution < 1.29 is 19.3 Å². The lowest BCUT2D eigenvalue weighted by Gasteiger charge is -1.93. The molecule has 0 amide bonds. The maximum Gasteiger partial charge on any atom is 0.358 e. The molecule has 14 heavy (non-hydrogen) atoms. The molecule has 1 aromatic rings. The zero-order valence-corrected chi connectivity index (χ0v) is 7.85. The van der Waals surface area contributed by atoms with Crippen LogP contribution in [0.5, 0.6) is 0 Å². The lowest BCUT2D eigenvalue weighted by atomic mass is 10.4. The van der Waals surface area contributed by atoms with E-state index in [0.717, 1.165) is 5.71 Å². The van der Waals surface area contributed by atoms with Crippen LogP contribution >= 0.6 is 0 Å². The maximum absolute atomic E-state index is 10.4. The highest BCUT2D eigenvalue weighted by Gasteiger charge is 2.10. The number of hydrogen-bond acceptors (Lipinski definition) is 5. The van der Waals surface area contributed by atoms with Gasteiger partial charge in [-0.3, -0.25) is 0 Å². The molecule has 0 spiro atoms. The van der Waals surface area contributed by atoms with E-state index in [0.29, 0.717) is 5.76 Å². The number of aromatic nitrogens is 1. The van der Waals surface area contributed by atoms with Crippen LogP contribution in [-0.2, 0) is 11.4 Å². The van der Waals surface area contributed by atoms with Crippen molar-refractivity contribution in [3.63, 3.8) is 0 Å². The van der Waals surface area contributed by atoms with Crippen LogP contribution in [0.25, 0.3) is 0 Å². The van der Waals surface area contributed by atoms with E-state index in [1.165, 1.54) is 6.07 Å². The number of carbonyl (C=O) groups is 1. The molecule has 0 bridgehead atoms. The third kappa shape index (κ3) is 2.89. The number of aromatic carboxylic acids is 1. The van der Waals surface area contributed by atoms with Crippen LogP contribution in [-0.4, -0.2) is 21.9 Å². The molecule has 0 radical (unpaired) electrons. The lowest BCUT2D eigenvalue weighted by molar-refractivity contribution is 0.0684. The van der Waals surface area contributed by atoms with Gasteiger partial charge >= 0.3 is 5.97 Å². The summed E-state index contributed by atoms with van der Waals surface area (Å²) in [6, 6.07) is 1.29. The molecule has 1 N–H and O–H groups in total. The van der Waals surface area contributed by atoms with Gasteiger partial charge in [0.1, 0.15) is 0 Å². The van der Waals surface area contributed by atoms with Crippen molar-refractivity contribution in [2.24, 2.45) is 5.16 Å². The Morgan fingerprint density at radius 3 is 2.93 bits per heavy atom. The van der Waals surface area contributed by atoms with Gasteiger partial charge in [-0.1, -0.05) is 10.3 Å². The van der Waals surface area contributed by atoms with Gasteiger partial charge in [-0.2, -0.15) is 0 Å². The Morgan fingerprint density at radius 1 is 1.71 bits per heavy atom. The van der Waals surface area contributed by atoms with E-state index in [1.807, 2.05) is 0 Å². The van der Waals surface area contributed by atoms with Gasteiger partial charge in [0.05, 0.1) is 5.71 Å².